The van der Waals surface area contributed by atoms with Crippen LogP contribution in [0.3, 0.4) is 0 Å². The number of hydrogen-bond acceptors (Lipinski definition) is 2. The van der Waals surface area contributed by atoms with E-state index < -0.39 is 6.43 Å². The van der Waals surface area contributed by atoms with Crippen molar-refractivity contribution in [3.63, 3.8) is 0 Å². The lowest BCUT2D eigenvalue weighted by Crippen LogP contribution is -2.26. The summed E-state index contributed by atoms with van der Waals surface area (Å²) in [6.45, 7) is 1.95. The van der Waals surface area contributed by atoms with Crippen molar-refractivity contribution in [1.82, 2.24) is 15.3 Å². The quantitative estimate of drug-likeness (QED) is 0.689. The Morgan fingerprint density at radius 3 is 2.67 bits per heavy atom. The Labute approximate surface area is 156 Å². The maximum atomic E-state index is 12.8. The van der Waals surface area contributed by atoms with Gasteiger partial charge in [0, 0.05) is 5.56 Å². The Balaban J connectivity index is 1.52. The van der Waals surface area contributed by atoms with Crippen molar-refractivity contribution >= 4 is 16.9 Å². The molecule has 6 heteroatoms. The molecule has 1 amide bonds. The third-order valence-electron chi connectivity index (χ3n) is 5.19. The van der Waals surface area contributed by atoms with Gasteiger partial charge in [-0.2, -0.15) is 0 Å². The molecule has 1 unspecified atom stereocenters. The van der Waals surface area contributed by atoms with Gasteiger partial charge in [0.15, 0.2) is 5.82 Å². The fourth-order valence-corrected chi connectivity index (χ4v) is 3.66. The van der Waals surface area contributed by atoms with E-state index in [0.29, 0.717) is 16.6 Å². The number of nitrogens with one attached hydrogen (secondary N) is 2. The molecule has 0 saturated heterocycles. The third-order valence-corrected chi connectivity index (χ3v) is 5.19. The van der Waals surface area contributed by atoms with Gasteiger partial charge in [0.1, 0.15) is 0 Å². The third kappa shape index (κ3) is 3.56. The number of aryl methyl sites for hydroxylation is 2. The SMILES string of the molecule is CC(NC(=O)c1ccc2nc(C(F)F)[nH]c2c1)c1ccc2c(c1)CCCC2. The van der Waals surface area contributed by atoms with Crippen LogP contribution in [0.25, 0.3) is 11.0 Å². The summed E-state index contributed by atoms with van der Waals surface area (Å²) in [5.74, 6) is -0.625. The first-order valence-electron chi connectivity index (χ1n) is 9.21. The number of amides is 1. The number of aromatic amines is 1. The molecule has 4 rings (SSSR count). The molecule has 1 aliphatic rings. The van der Waals surface area contributed by atoms with Gasteiger partial charge in [0.25, 0.3) is 12.3 Å². The second kappa shape index (κ2) is 7.10. The van der Waals surface area contributed by atoms with Crippen LogP contribution in [0.2, 0.25) is 0 Å². The predicted molar refractivity (Wildman–Crippen MR) is 100 cm³/mol. The number of imidazole rings is 1. The van der Waals surface area contributed by atoms with E-state index in [9.17, 15) is 13.6 Å². The number of alkyl halides is 2. The number of hydrogen-bond donors (Lipinski definition) is 2. The van der Waals surface area contributed by atoms with E-state index in [4.69, 9.17) is 0 Å². The first-order valence-corrected chi connectivity index (χ1v) is 9.21. The number of aromatic nitrogens is 2. The summed E-state index contributed by atoms with van der Waals surface area (Å²) < 4.78 is 25.5. The van der Waals surface area contributed by atoms with Gasteiger partial charge in [-0.3, -0.25) is 4.79 Å². The second-order valence-corrected chi connectivity index (χ2v) is 7.09. The van der Waals surface area contributed by atoms with Gasteiger partial charge in [-0.05, 0) is 67.5 Å². The summed E-state index contributed by atoms with van der Waals surface area (Å²) in [5.41, 5.74) is 5.12. The molecule has 140 valence electrons. The molecule has 27 heavy (non-hydrogen) atoms. The number of benzene rings is 2. The average molecular weight is 369 g/mol. The monoisotopic (exact) mass is 369 g/mol. The molecular formula is C21H21F2N3O. The zero-order valence-electron chi connectivity index (χ0n) is 15.1. The normalized spacial score (nSPS) is 15.0. The van der Waals surface area contributed by atoms with Crippen molar-refractivity contribution in [3.05, 3.63) is 64.5 Å². The van der Waals surface area contributed by atoms with Gasteiger partial charge >= 0.3 is 0 Å². The molecule has 0 spiro atoms. The molecule has 0 aliphatic heterocycles. The Morgan fingerprint density at radius 1 is 1.11 bits per heavy atom. The molecule has 0 radical (unpaired) electrons. The average Bonchev–Trinajstić information content (AvgIpc) is 3.11. The minimum absolute atomic E-state index is 0.140. The highest BCUT2D eigenvalue weighted by Crippen LogP contribution is 2.25. The van der Waals surface area contributed by atoms with E-state index in [1.807, 2.05) is 6.92 Å². The molecule has 1 heterocycles. The first-order chi connectivity index (χ1) is 13.0. The van der Waals surface area contributed by atoms with Crippen LogP contribution in [0, 0.1) is 0 Å². The van der Waals surface area contributed by atoms with Gasteiger partial charge in [0.05, 0.1) is 17.1 Å². The Morgan fingerprint density at radius 2 is 1.89 bits per heavy atom. The van der Waals surface area contributed by atoms with Crippen molar-refractivity contribution in [3.8, 4) is 0 Å². The standard InChI is InChI=1S/C21H21F2N3O/c1-12(14-7-6-13-4-2-3-5-15(13)10-14)24-21(27)16-8-9-17-18(11-16)26-20(25-17)19(22)23/h6-12,19H,2-5H2,1H3,(H,24,27)(H,25,26). The number of rotatable bonds is 4. The lowest BCUT2D eigenvalue weighted by atomic mass is 9.89. The maximum Gasteiger partial charge on any atom is 0.295 e. The Kier molecular flexibility index (Phi) is 4.64. The van der Waals surface area contributed by atoms with Crippen molar-refractivity contribution in [1.29, 1.82) is 0 Å². The molecule has 0 bridgehead atoms. The molecule has 0 saturated carbocycles. The number of carbonyl (C=O) groups is 1. The van der Waals surface area contributed by atoms with E-state index in [-0.39, 0.29) is 17.8 Å². The van der Waals surface area contributed by atoms with E-state index >= 15 is 0 Å². The van der Waals surface area contributed by atoms with Crippen LogP contribution in [0.1, 0.15) is 65.1 Å². The lowest BCUT2D eigenvalue weighted by molar-refractivity contribution is 0.0940. The molecule has 1 aromatic heterocycles. The van der Waals surface area contributed by atoms with Gasteiger partial charge in [-0.15, -0.1) is 0 Å². The number of halogens is 2. The van der Waals surface area contributed by atoms with E-state index in [2.05, 4.69) is 33.5 Å². The minimum Gasteiger partial charge on any atom is -0.346 e. The van der Waals surface area contributed by atoms with Crippen molar-refractivity contribution in [2.75, 3.05) is 0 Å². The van der Waals surface area contributed by atoms with E-state index in [1.165, 1.54) is 24.0 Å². The molecule has 0 fully saturated rings. The first kappa shape index (κ1) is 17.6. The van der Waals surface area contributed by atoms with Crippen molar-refractivity contribution < 1.29 is 13.6 Å². The summed E-state index contributed by atoms with van der Waals surface area (Å²) in [4.78, 5) is 19.0. The summed E-state index contributed by atoms with van der Waals surface area (Å²) in [7, 11) is 0. The van der Waals surface area contributed by atoms with Gasteiger partial charge in [-0.1, -0.05) is 18.2 Å². The Bertz CT molecular complexity index is 996. The van der Waals surface area contributed by atoms with Crippen LogP contribution < -0.4 is 5.32 Å². The summed E-state index contributed by atoms with van der Waals surface area (Å²) in [6, 6.07) is 11.0. The number of H-pyrrole nitrogens is 1. The van der Waals surface area contributed by atoms with Crippen LogP contribution in [0.5, 0.6) is 0 Å². The van der Waals surface area contributed by atoms with Crippen molar-refractivity contribution in [2.45, 2.75) is 45.1 Å². The highest BCUT2D eigenvalue weighted by atomic mass is 19.3. The van der Waals surface area contributed by atoms with E-state index in [1.54, 1.807) is 18.2 Å². The smallest absolute Gasteiger partial charge is 0.295 e. The predicted octanol–water partition coefficient (Wildman–Crippen LogP) is 4.87. The topological polar surface area (TPSA) is 57.8 Å². The number of fused-ring (bicyclic) bond motifs is 2. The fraction of sp³-hybridized carbons (Fsp3) is 0.333. The zero-order valence-corrected chi connectivity index (χ0v) is 15.1. The van der Waals surface area contributed by atoms with Crippen LogP contribution >= 0.6 is 0 Å². The molecular weight excluding hydrogens is 348 g/mol. The van der Waals surface area contributed by atoms with Crippen LogP contribution in [-0.4, -0.2) is 15.9 Å². The van der Waals surface area contributed by atoms with Gasteiger partial charge in [-0.25, -0.2) is 13.8 Å². The minimum atomic E-state index is -2.67. The molecule has 4 nitrogen and oxygen atoms in total. The second-order valence-electron chi connectivity index (χ2n) is 7.09. The molecule has 1 atom stereocenters. The summed E-state index contributed by atoms with van der Waals surface area (Å²) in [5, 5.41) is 2.99. The summed E-state index contributed by atoms with van der Waals surface area (Å²) in [6.07, 6.45) is 2.00. The number of carbonyl (C=O) groups excluding carboxylic acids is 1. The molecule has 2 aromatic carbocycles. The van der Waals surface area contributed by atoms with Crippen molar-refractivity contribution in [2.24, 2.45) is 0 Å². The van der Waals surface area contributed by atoms with Gasteiger partial charge in [0.2, 0.25) is 0 Å². The largest absolute Gasteiger partial charge is 0.346 e. The van der Waals surface area contributed by atoms with E-state index in [0.717, 1.165) is 18.4 Å². The summed E-state index contributed by atoms with van der Waals surface area (Å²) >= 11 is 0. The van der Waals surface area contributed by atoms with Crippen LogP contribution in [0.4, 0.5) is 8.78 Å². The Hall–Kier alpha value is -2.76. The number of nitrogens with zero attached hydrogens (tertiary/aromatic N) is 1. The molecule has 1 aliphatic carbocycles. The van der Waals surface area contributed by atoms with Gasteiger partial charge < -0.3 is 10.3 Å². The molecule has 2 N–H and O–H groups in total. The fourth-order valence-electron chi connectivity index (χ4n) is 3.66. The lowest BCUT2D eigenvalue weighted by Gasteiger charge is -2.20. The van der Waals surface area contributed by atoms with Crippen LogP contribution in [-0.2, 0) is 12.8 Å². The highest BCUT2D eigenvalue weighted by molar-refractivity contribution is 5.97. The highest BCUT2D eigenvalue weighted by Gasteiger charge is 2.17. The molecule has 3 aromatic rings. The maximum absolute atomic E-state index is 12.8. The van der Waals surface area contributed by atoms with Crippen LogP contribution in [0.15, 0.2) is 36.4 Å². The zero-order chi connectivity index (χ0) is 19.0.